The maximum Gasteiger partial charge on any atom is 0.236 e. The molecule has 0 aliphatic rings. The fourth-order valence-electron chi connectivity index (χ4n) is 2.25. The Labute approximate surface area is 125 Å². The maximum atomic E-state index is 12.0. The first-order valence-electron chi connectivity index (χ1n) is 7.47. The molecule has 4 heteroatoms. The highest BCUT2D eigenvalue weighted by atomic mass is 16.3. The molecule has 1 aromatic carbocycles. The Morgan fingerprint density at radius 3 is 2.67 bits per heavy atom. The summed E-state index contributed by atoms with van der Waals surface area (Å²) < 4.78 is 5.73. The van der Waals surface area contributed by atoms with Gasteiger partial charge >= 0.3 is 0 Å². The molecular formula is C17H24N2O2. The molecule has 1 heterocycles. The second kappa shape index (κ2) is 6.76. The number of para-hydroxylation sites is 1. The van der Waals surface area contributed by atoms with Crippen molar-refractivity contribution in [2.75, 3.05) is 6.54 Å². The zero-order valence-electron chi connectivity index (χ0n) is 13.2. The Kier molecular flexibility index (Phi) is 5.02. The number of amides is 1. The Balaban J connectivity index is 1.98. The first-order chi connectivity index (χ1) is 9.99. The summed E-state index contributed by atoms with van der Waals surface area (Å²) in [5.41, 5.74) is 2.01. The van der Waals surface area contributed by atoms with Crippen LogP contribution in [-0.2, 0) is 11.3 Å². The van der Waals surface area contributed by atoms with Crippen molar-refractivity contribution in [2.45, 2.75) is 40.3 Å². The van der Waals surface area contributed by atoms with Gasteiger partial charge in [0.15, 0.2) is 0 Å². The van der Waals surface area contributed by atoms with Crippen LogP contribution in [0, 0.1) is 12.8 Å². The van der Waals surface area contributed by atoms with Crippen LogP contribution in [0.1, 0.15) is 32.1 Å². The van der Waals surface area contributed by atoms with E-state index in [1.54, 1.807) is 0 Å². The second-order valence-electron chi connectivity index (χ2n) is 5.87. The van der Waals surface area contributed by atoms with Gasteiger partial charge in [-0.3, -0.25) is 4.79 Å². The number of carbonyl (C=O) groups excluding carboxylic acids is 1. The van der Waals surface area contributed by atoms with Gasteiger partial charge in [0.25, 0.3) is 0 Å². The van der Waals surface area contributed by atoms with Crippen molar-refractivity contribution in [1.29, 1.82) is 0 Å². The molecule has 0 radical (unpaired) electrons. The summed E-state index contributed by atoms with van der Waals surface area (Å²) in [6, 6.07) is 7.75. The van der Waals surface area contributed by atoms with Gasteiger partial charge < -0.3 is 15.1 Å². The SMILES string of the molecule is Cc1oc2ccccc2c1CNC(C)C(=O)NCC(C)C. The summed E-state index contributed by atoms with van der Waals surface area (Å²) in [4.78, 5) is 12.0. The van der Waals surface area contributed by atoms with Crippen molar-refractivity contribution >= 4 is 16.9 Å². The molecule has 0 aliphatic carbocycles. The highest BCUT2D eigenvalue weighted by molar-refractivity contribution is 5.83. The van der Waals surface area contributed by atoms with Crippen LogP contribution in [0.25, 0.3) is 11.0 Å². The fraction of sp³-hybridized carbons (Fsp3) is 0.471. The Morgan fingerprint density at radius 1 is 1.24 bits per heavy atom. The van der Waals surface area contributed by atoms with Crippen LogP contribution in [0.5, 0.6) is 0 Å². The molecule has 2 rings (SSSR count). The van der Waals surface area contributed by atoms with Crippen molar-refractivity contribution in [3.63, 3.8) is 0 Å². The molecule has 0 bridgehead atoms. The highest BCUT2D eigenvalue weighted by Crippen LogP contribution is 2.24. The minimum atomic E-state index is -0.225. The Morgan fingerprint density at radius 2 is 1.95 bits per heavy atom. The van der Waals surface area contributed by atoms with Gasteiger partial charge in [-0.05, 0) is 25.8 Å². The number of hydrogen-bond donors (Lipinski definition) is 2. The third-order valence-corrected chi connectivity index (χ3v) is 3.56. The smallest absolute Gasteiger partial charge is 0.236 e. The lowest BCUT2D eigenvalue weighted by atomic mass is 10.1. The highest BCUT2D eigenvalue weighted by Gasteiger charge is 2.15. The van der Waals surface area contributed by atoms with Crippen molar-refractivity contribution in [2.24, 2.45) is 5.92 Å². The number of aryl methyl sites for hydroxylation is 1. The standard InChI is InChI=1S/C17H24N2O2/c1-11(2)9-19-17(20)12(3)18-10-15-13(4)21-16-8-6-5-7-14(15)16/h5-8,11-12,18H,9-10H2,1-4H3,(H,19,20). The molecule has 0 spiro atoms. The minimum Gasteiger partial charge on any atom is -0.461 e. The van der Waals surface area contributed by atoms with E-state index in [9.17, 15) is 4.79 Å². The molecule has 21 heavy (non-hydrogen) atoms. The van der Waals surface area contributed by atoms with Gasteiger partial charge in [0, 0.05) is 24.0 Å². The first kappa shape index (κ1) is 15.6. The largest absolute Gasteiger partial charge is 0.461 e. The molecule has 1 aromatic heterocycles. The molecule has 1 amide bonds. The van der Waals surface area contributed by atoms with Gasteiger partial charge in [-0.1, -0.05) is 32.0 Å². The lowest BCUT2D eigenvalue weighted by Crippen LogP contribution is -2.43. The number of nitrogens with one attached hydrogen (secondary N) is 2. The number of hydrogen-bond acceptors (Lipinski definition) is 3. The molecule has 4 nitrogen and oxygen atoms in total. The van der Waals surface area contributed by atoms with E-state index in [2.05, 4.69) is 24.5 Å². The molecule has 0 saturated heterocycles. The van der Waals surface area contributed by atoms with Crippen LogP contribution in [0.15, 0.2) is 28.7 Å². The van der Waals surface area contributed by atoms with Crippen LogP contribution in [0.4, 0.5) is 0 Å². The zero-order valence-corrected chi connectivity index (χ0v) is 13.2. The lowest BCUT2D eigenvalue weighted by molar-refractivity contribution is -0.122. The van der Waals surface area contributed by atoms with Crippen molar-refractivity contribution in [3.05, 3.63) is 35.6 Å². The summed E-state index contributed by atoms with van der Waals surface area (Å²) in [5, 5.41) is 7.32. The molecule has 0 aliphatic heterocycles. The molecule has 0 saturated carbocycles. The van der Waals surface area contributed by atoms with E-state index in [1.165, 1.54) is 0 Å². The summed E-state index contributed by atoms with van der Waals surface area (Å²) in [5.74, 6) is 1.40. The van der Waals surface area contributed by atoms with E-state index < -0.39 is 0 Å². The number of rotatable bonds is 6. The quantitative estimate of drug-likeness (QED) is 0.859. The van der Waals surface area contributed by atoms with E-state index in [4.69, 9.17) is 4.42 Å². The van der Waals surface area contributed by atoms with Gasteiger partial charge in [0.2, 0.25) is 5.91 Å². The topological polar surface area (TPSA) is 54.3 Å². The number of benzene rings is 1. The van der Waals surface area contributed by atoms with E-state index in [0.29, 0.717) is 19.0 Å². The third-order valence-electron chi connectivity index (χ3n) is 3.56. The summed E-state index contributed by atoms with van der Waals surface area (Å²) in [7, 11) is 0. The molecular weight excluding hydrogens is 264 g/mol. The van der Waals surface area contributed by atoms with Crippen LogP contribution in [0.2, 0.25) is 0 Å². The second-order valence-corrected chi connectivity index (χ2v) is 5.87. The van der Waals surface area contributed by atoms with E-state index >= 15 is 0 Å². The summed E-state index contributed by atoms with van der Waals surface area (Å²) >= 11 is 0. The van der Waals surface area contributed by atoms with Crippen molar-refractivity contribution in [3.8, 4) is 0 Å². The molecule has 2 aromatic rings. The minimum absolute atomic E-state index is 0.0363. The zero-order chi connectivity index (χ0) is 15.4. The van der Waals surface area contributed by atoms with Gasteiger partial charge in [-0.2, -0.15) is 0 Å². The molecule has 0 fully saturated rings. The Hall–Kier alpha value is -1.81. The van der Waals surface area contributed by atoms with Gasteiger partial charge in [-0.15, -0.1) is 0 Å². The maximum absolute atomic E-state index is 12.0. The van der Waals surface area contributed by atoms with Crippen LogP contribution in [0.3, 0.4) is 0 Å². The molecule has 114 valence electrons. The predicted octanol–water partition coefficient (Wildman–Crippen LogP) is 2.99. The number of fused-ring (bicyclic) bond motifs is 1. The van der Waals surface area contributed by atoms with E-state index in [1.807, 2.05) is 38.1 Å². The normalized spacial score (nSPS) is 12.8. The monoisotopic (exact) mass is 288 g/mol. The fourth-order valence-corrected chi connectivity index (χ4v) is 2.25. The van der Waals surface area contributed by atoms with Gasteiger partial charge in [0.1, 0.15) is 11.3 Å². The molecule has 1 atom stereocenters. The Bertz CT molecular complexity index is 616. The van der Waals surface area contributed by atoms with Crippen LogP contribution in [-0.4, -0.2) is 18.5 Å². The summed E-state index contributed by atoms with van der Waals surface area (Å²) in [6.07, 6.45) is 0. The van der Waals surface area contributed by atoms with Gasteiger partial charge in [-0.25, -0.2) is 0 Å². The number of carbonyl (C=O) groups is 1. The lowest BCUT2D eigenvalue weighted by Gasteiger charge is -2.15. The van der Waals surface area contributed by atoms with Crippen LogP contribution >= 0.6 is 0 Å². The van der Waals surface area contributed by atoms with Crippen molar-refractivity contribution in [1.82, 2.24) is 10.6 Å². The first-order valence-corrected chi connectivity index (χ1v) is 7.47. The van der Waals surface area contributed by atoms with E-state index in [0.717, 1.165) is 22.3 Å². The average molecular weight is 288 g/mol. The third kappa shape index (κ3) is 3.85. The number of furan rings is 1. The molecule has 2 N–H and O–H groups in total. The summed E-state index contributed by atoms with van der Waals surface area (Å²) in [6.45, 7) is 9.34. The van der Waals surface area contributed by atoms with Crippen LogP contribution < -0.4 is 10.6 Å². The molecule has 1 unspecified atom stereocenters. The van der Waals surface area contributed by atoms with Gasteiger partial charge in [0.05, 0.1) is 6.04 Å². The van der Waals surface area contributed by atoms with Crippen molar-refractivity contribution < 1.29 is 9.21 Å². The average Bonchev–Trinajstić information content (AvgIpc) is 2.77. The van der Waals surface area contributed by atoms with E-state index in [-0.39, 0.29) is 11.9 Å². The predicted molar refractivity (Wildman–Crippen MR) is 85.1 cm³/mol.